The molecule has 0 aliphatic heterocycles. The normalized spacial score (nSPS) is 10.4. The number of pyridine rings is 1. The molecule has 0 saturated carbocycles. The predicted molar refractivity (Wildman–Crippen MR) is 69.0 cm³/mol. The summed E-state index contributed by atoms with van der Waals surface area (Å²) in [6, 6.07) is 13.1. The van der Waals surface area contributed by atoms with E-state index < -0.39 is 0 Å². The Morgan fingerprint density at radius 3 is 2.72 bits per heavy atom. The van der Waals surface area contributed by atoms with Crippen molar-refractivity contribution in [3.05, 3.63) is 55.0 Å². The third kappa shape index (κ3) is 1.93. The summed E-state index contributed by atoms with van der Waals surface area (Å²) in [5.74, 6) is 1.37. The van der Waals surface area contributed by atoms with E-state index in [1.54, 1.807) is 17.2 Å². The van der Waals surface area contributed by atoms with E-state index in [0.717, 1.165) is 11.4 Å². The van der Waals surface area contributed by atoms with E-state index in [9.17, 15) is 0 Å². The molecule has 2 aromatic heterocycles. The first-order valence-corrected chi connectivity index (χ1v) is 5.52. The van der Waals surface area contributed by atoms with E-state index in [1.807, 2.05) is 42.5 Å². The summed E-state index contributed by atoms with van der Waals surface area (Å²) in [5.41, 5.74) is 7.33. The Morgan fingerprint density at radius 1 is 1.00 bits per heavy atom. The number of benzene rings is 1. The van der Waals surface area contributed by atoms with Crippen molar-refractivity contribution in [3.8, 4) is 17.2 Å². The fourth-order valence-corrected chi connectivity index (χ4v) is 1.67. The van der Waals surface area contributed by atoms with Crippen molar-refractivity contribution in [2.24, 2.45) is 0 Å². The molecular formula is C13H11N5. The van der Waals surface area contributed by atoms with Crippen LogP contribution in [0.1, 0.15) is 0 Å². The largest absolute Gasteiger partial charge is 0.399 e. The average molecular weight is 237 g/mol. The smallest absolute Gasteiger partial charge is 0.181 e. The molecule has 3 aromatic rings. The van der Waals surface area contributed by atoms with Gasteiger partial charge in [-0.15, -0.1) is 5.10 Å². The number of nitrogens with two attached hydrogens (primary N) is 1. The molecule has 88 valence electrons. The Balaban J connectivity index is 2.00. The fourth-order valence-electron chi connectivity index (χ4n) is 1.67. The van der Waals surface area contributed by atoms with Crippen LogP contribution < -0.4 is 5.73 Å². The van der Waals surface area contributed by atoms with Gasteiger partial charge in [0, 0.05) is 17.4 Å². The van der Waals surface area contributed by atoms with Crippen LogP contribution in [0.25, 0.3) is 17.2 Å². The molecule has 5 nitrogen and oxygen atoms in total. The second-order valence-corrected chi connectivity index (χ2v) is 3.83. The van der Waals surface area contributed by atoms with Gasteiger partial charge in [0.05, 0.1) is 0 Å². The number of hydrogen-bond acceptors (Lipinski definition) is 4. The lowest BCUT2D eigenvalue weighted by Gasteiger charge is -1.98. The van der Waals surface area contributed by atoms with Crippen LogP contribution in [0.2, 0.25) is 0 Å². The first kappa shape index (κ1) is 10.5. The molecule has 3 rings (SSSR count). The standard InChI is InChI=1S/C13H11N5/c14-11-5-3-4-10(8-11)13-16-9-18(17-13)12-6-1-2-7-15-12/h1-9H,14H2. The van der Waals surface area contributed by atoms with E-state index >= 15 is 0 Å². The highest BCUT2D eigenvalue weighted by Gasteiger charge is 2.05. The van der Waals surface area contributed by atoms with E-state index in [-0.39, 0.29) is 0 Å². The van der Waals surface area contributed by atoms with Gasteiger partial charge >= 0.3 is 0 Å². The molecule has 18 heavy (non-hydrogen) atoms. The summed E-state index contributed by atoms with van der Waals surface area (Å²) in [6.07, 6.45) is 3.36. The van der Waals surface area contributed by atoms with Crippen LogP contribution in [0.4, 0.5) is 5.69 Å². The molecule has 2 N–H and O–H groups in total. The average Bonchev–Trinajstić information content (AvgIpc) is 2.89. The molecule has 0 fully saturated rings. The minimum atomic E-state index is 0.632. The van der Waals surface area contributed by atoms with Crippen LogP contribution in [0.3, 0.4) is 0 Å². The topological polar surface area (TPSA) is 69.6 Å². The van der Waals surface area contributed by atoms with Gasteiger partial charge in [0.15, 0.2) is 11.6 Å². The summed E-state index contributed by atoms with van der Waals surface area (Å²) in [6.45, 7) is 0. The van der Waals surface area contributed by atoms with Gasteiger partial charge in [-0.05, 0) is 24.3 Å². The summed E-state index contributed by atoms with van der Waals surface area (Å²) in [7, 11) is 0. The van der Waals surface area contributed by atoms with Crippen molar-refractivity contribution in [1.82, 2.24) is 19.7 Å². The van der Waals surface area contributed by atoms with E-state index in [0.29, 0.717) is 11.5 Å². The van der Waals surface area contributed by atoms with E-state index in [1.165, 1.54) is 0 Å². The molecule has 0 aliphatic carbocycles. The SMILES string of the molecule is Nc1cccc(-c2ncn(-c3ccccn3)n2)c1. The fraction of sp³-hybridized carbons (Fsp3) is 0. The van der Waals surface area contributed by atoms with Crippen LogP contribution in [-0.2, 0) is 0 Å². The highest BCUT2D eigenvalue weighted by Crippen LogP contribution is 2.17. The number of rotatable bonds is 2. The number of nitrogens with zero attached hydrogens (tertiary/aromatic N) is 4. The van der Waals surface area contributed by atoms with Crippen molar-refractivity contribution in [2.45, 2.75) is 0 Å². The summed E-state index contributed by atoms with van der Waals surface area (Å²) in [5, 5.41) is 4.38. The molecule has 0 aliphatic rings. The van der Waals surface area contributed by atoms with Crippen molar-refractivity contribution in [2.75, 3.05) is 5.73 Å². The molecule has 0 unspecified atom stereocenters. The first-order chi connectivity index (χ1) is 8.83. The third-order valence-corrected chi connectivity index (χ3v) is 2.52. The Morgan fingerprint density at radius 2 is 1.94 bits per heavy atom. The maximum absolute atomic E-state index is 5.74. The molecule has 0 spiro atoms. The van der Waals surface area contributed by atoms with Gasteiger partial charge in [-0.25, -0.2) is 14.6 Å². The highest BCUT2D eigenvalue weighted by atomic mass is 15.4. The molecule has 2 heterocycles. The lowest BCUT2D eigenvalue weighted by atomic mass is 10.2. The Kier molecular flexibility index (Phi) is 2.49. The van der Waals surface area contributed by atoms with Gasteiger partial charge in [-0.2, -0.15) is 0 Å². The molecule has 0 saturated heterocycles. The summed E-state index contributed by atoms with van der Waals surface area (Å²) < 4.78 is 1.64. The molecule has 0 bridgehead atoms. The van der Waals surface area contributed by atoms with Crippen molar-refractivity contribution in [1.29, 1.82) is 0 Å². The zero-order valence-electron chi connectivity index (χ0n) is 9.56. The van der Waals surface area contributed by atoms with Gasteiger partial charge in [0.1, 0.15) is 6.33 Å². The van der Waals surface area contributed by atoms with Crippen LogP contribution in [0.5, 0.6) is 0 Å². The minimum Gasteiger partial charge on any atom is -0.399 e. The van der Waals surface area contributed by atoms with Gasteiger partial charge in [-0.1, -0.05) is 18.2 Å². The number of anilines is 1. The molecule has 5 heteroatoms. The molecule has 0 amide bonds. The van der Waals surface area contributed by atoms with Crippen LogP contribution in [-0.4, -0.2) is 19.7 Å². The monoisotopic (exact) mass is 237 g/mol. The number of aromatic nitrogens is 4. The predicted octanol–water partition coefficient (Wildman–Crippen LogP) is 1.91. The highest BCUT2D eigenvalue weighted by molar-refractivity contribution is 5.60. The number of nitrogen functional groups attached to an aromatic ring is 1. The van der Waals surface area contributed by atoms with Crippen molar-refractivity contribution in [3.63, 3.8) is 0 Å². The number of hydrogen-bond donors (Lipinski definition) is 1. The molecule has 0 radical (unpaired) electrons. The molecule has 1 aromatic carbocycles. The molecular weight excluding hydrogens is 226 g/mol. The lowest BCUT2D eigenvalue weighted by molar-refractivity contribution is 0.848. The zero-order valence-corrected chi connectivity index (χ0v) is 9.56. The third-order valence-electron chi connectivity index (χ3n) is 2.52. The maximum atomic E-state index is 5.74. The Bertz CT molecular complexity index is 660. The minimum absolute atomic E-state index is 0.632. The second kappa shape index (κ2) is 4.29. The van der Waals surface area contributed by atoms with Gasteiger partial charge < -0.3 is 5.73 Å². The lowest BCUT2D eigenvalue weighted by Crippen LogP contribution is -1.97. The van der Waals surface area contributed by atoms with E-state index in [4.69, 9.17) is 5.73 Å². The first-order valence-electron chi connectivity index (χ1n) is 5.52. The Hall–Kier alpha value is -2.69. The van der Waals surface area contributed by atoms with Crippen molar-refractivity contribution < 1.29 is 0 Å². The van der Waals surface area contributed by atoms with Crippen LogP contribution >= 0.6 is 0 Å². The van der Waals surface area contributed by atoms with Gasteiger partial charge in [-0.3, -0.25) is 0 Å². The van der Waals surface area contributed by atoms with Crippen LogP contribution in [0.15, 0.2) is 55.0 Å². The Labute approximate surface area is 104 Å². The quantitative estimate of drug-likeness (QED) is 0.691. The van der Waals surface area contributed by atoms with Gasteiger partial charge in [0.2, 0.25) is 0 Å². The van der Waals surface area contributed by atoms with Crippen LogP contribution in [0, 0.1) is 0 Å². The maximum Gasteiger partial charge on any atom is 0.181 e. The molecule has 0 atom stereocenters. The van der Waals surface area contributed by atoms with Gasteiger partial charge in [0.25, 0.3) is 0 Å². The second-order valence-electron chi connectivity index (χ2n) is 3.83. The summed E-state index contributed by atoms with van der Waals surface area (Å²) >= 11 is 0. The summed E-state index contributed by atoms with van der Waals surface area (Å²) in [4.78, 5) is 8.47. The van der Waals surface area contributed by atoms with E-state index in [2.05, 4.69) is 15.1 Å². The zero-order chi connectivity index (χ0) is 12.4. The van der Waals surface area contributed by atoms with Crippen molar-refractivity contribution >= 4 is 5.69 Å².